The highest BCUT2D eigenvalue weighted by Gasteiger charge is 2.18. The summed E-state index contributed by atoms with van der Waals surface area (Å²) >= 11 is -2.07. The predicted molar refractivity (Wildman–Crippen MR) is 57.8 cm³/mol. The van der Waals surface area contributed by atoms with Crippen LogP contribution in [0.3, 0.4) is 0 Å². The van der Waals surface area contributed by atoms with Crippen LogP contribution in [-0.4, -0.2) is 22.4 Å². The van der Waals surface area contributed by atoms with Gasteiger partial charge in [-0.3, -0.25) is 0 Å². The van der Waals surface area contributed by atoms with Crippen LogP contribution in [0.25, 0.3) is 0 Å². The van der Waals surface area contributed by atoms with Crippen molar-refractivity contribution in [2.45, 2.75) is 28.9 Å². The number of hydrogen-bond donors (Lipinski definition) is 1. The fraction of sp³-hybridized carbons (Fsp3) is 0.333. The Kier molecular flexibility index (Phi) is 3.64. The molecule has 4 nitrogen and oxygen atoms in total. The van der Waals surface area contributed by atoms with Gasteiger partial charge in [-0.05, 0) is 38.1 Å². The lowest BCUT2D eigenvalue weighted by molar-refractivity contribution is 0.564. The molecule has 0 saturated carbocycles. The first-order chi connectivity index (χ1) is 6.85. The fourth-order valence-corrected chi connectivity index (χ4v) is 2.45. The van der Waals surface area contributed by atoms with Crippen molar-refractivity contribution in [1.82, 2.24) is 0 Å². The van der Waals surface area contributed by atoms with E-state index >= 15 is 0 Å². The molecule has 0 amide bonds. The van der Waals surface area contributed by atoms with Gasteiger partial charge in [0.2, 0.25) is 0 Å². The summed E-state index contributed by atoms with van der Waals surface area (Å²) in [6.07, 6.45) is 0. The Balaban J connectivity index is 3.15. The molecule has 0 aromatic heterocycles. The third-order valence-electron chi connectivity index (χ3n) is 1.97. The normalized spacial score (nSPS) is 14.1. The van der Waals surface area contributed by atoms with Crippen molar-refractivity contribution in [3.63, 3.8) is 0 Å². The molecule has 0 aliphatic rings. The van der Waals surface area contributed by atoms with Crippen molar-refractivity contribution >= 4 is 20.9 Å². The van der Waals surface area contributed by atoms with Gasteiger partial charge < -0.3 is 4.55 Å². The van der Waals surface area contributed by atoms with Crippen molar-refractivity contribution in [2.75, 3.05) is 0 Å². The lowest BCUT2D eigenvalue weighted by Crippen LogP contribution is -2.13. The van der Waals surface area contributed by atoms with Crippen molar-refractivity contribution in [3.05, 3.63) is 24.3 Å². The summed E-state index contributed by atoms with van der Waals surface area (Å²) < 4.78 is 42.8. The topological polar surface area (TPSA) is 71.4 Å². The molecule has 0 fully saturated rings. The van der Waals surface area contributed by atoms with Crippen molar-refractivity contribution < 1.29 is 17.2 Å². The summed E-state index contributed by atoms with van der Waals surface area (Å²) in [7, 11) is -3.30. The van der Waals surface area contributed by atoms with Crippen LogP contribution in [-0.2, 0) is 20.9 Å². The third kappa shape index (κ3) is 2.64. The van der Waals surface area contributed by atoms with Gasteiger partial charge in [0.15, 0.2) is 20.9 Å². The van der Waals surface area contributed by atoms with Crippen LogP contribution in [0.4, 0.5) is 0 Å². The Morgan fingerprint density at radius 3 is 2.00 bits per heavy atom. The van der Waals surface area contributed by atoms with Gasteiger partial charge in [0, 0.05) is 0 Å². The summed E-state index contributed by atoms with van der Waals surface area (Å²) in [5.74, 6) is 0. The maximum absolute atomic E-state index is 11.7. The lowest BCUT2D eigenvalue weighted by Gasteiger charge is -2.07. The molecule has 84 valence electrons. The Bertz CT molecular complexity index is 459. The minimum atomic E-state index is -3.30. The van der Waals surface area contributed by atoms with Gasteiger partial charge in [0.25, 0.3) is 0 Å². The molecular weight excluding hydrogens is 236 g/mol. The quantitative estimate of drug-likeness (QED) is 0.822. The van der Waals surface area contributed by atoms with Gasteiger partial charge in [-0.2, -0.15) is 0 Å². The average molecular weight is 248 g/mol. The molecule has 0 radical (unpaired) electrons. The molecule has 1 rings (SSSR count). The van der Waals surface area contributed by atoms with E-state index < -0.39 is 26.2 Å². The van der Waals surface area contributed by atoms with Crippen LogP contribution in [0.5, 0.6) is 0 Å². The monoisotopic (exact) mass is 248 g/mol. The molecule has 0 aliphatic carbocycles. The molecule has 1 aromatic carbocycles. The van der Waals surface area contributed by atoms with Crippen LogP contribution < -0.4 is 0 Å². The highest BCUT2D eigenvalue weighted by atomic mass is 32.2. The van der Waals surface area contributed by atoms with Gasteiger partial charge >= 0.3 is 0 Å². The lowest BCUT2D eigenvalue weighted by atomic mass is 10.4. The first-order valence-corrected chi connectivity index (χ1v) is 6.96. The van der Waals surface area contributed by atoms with E-state index in [4.69, 9.17) is 4.55 Å². The van der Waals surface area contributed by atoms with Crippen LogP contribution in [0.2, 0.25) is 0 Å². The van der Waals surface area contributed by atoms with Crippen molar-refractivity contribution in [3.8, 4) is 0 Å². The van der Waals surface area contributed by atoms with Gasteiger partial charge in [-0.1, -0.05) is 0 Å². The first-order valence-electron chi connectivity index (χ1n) is 4.30. The van der Waals surface area contributed by atoms with Crippen LogP contribution >= 0.6 is 0 Å². The molecular formula is C9H12O4S2. The molecule has 15 heavy (non-hydrogen) atoms. The number of rotatable bonds is 3. The largest absolute Gasteiger partial charge is 0.302 e. The highest BCUT2D eigenvalue weighted by Crippen LogP contribution is 2.17. The van der Waals surface area contributed by atoms with Gasteiger partial charge in [0.1, 0.15) is 0 Å². The summed E-state index contributed by atoms with van der Waals surface area (Å²) in [5.41, 5.74) is 0. The fourth-order valence-electron chi connectivity index (χ4n) is 1.02. The molecule has 0 aliphatic heterocycles. The molecule has 6 heteroatoms. The second-order valence-corrected chi connectivity index (χ2v) is 6.79. The minimum Gasteiger partial charge on any atom is -0.302 e. The minimum absolute atomic E-state index is 0.173. The maximum atomic E-state index is 11.7. The zero-order valence-corrected chi connectivity index (χ0v) is 10.0. The number of hydrogen-bond acceptors (Lipinski definition) is 3. The Morgan fingerprint density at radius 2 is 1.67 bits per heavy atom. The predicted octanol–water partition coefficient (Wildman–Crippen LogP) is 1.45. The maximum Gasteiger partial charge on any atom is 0.186 e. The molecule has 1 aromatic rings. The summed E-state index contributed by atoms with van der Waals surface area (Å²) in [5, 5.41) is -0.497. The molecule has 0 spiro atoms. The zero-order valence-electron chi connectivity index (χ0n) is 8.38. The SMILES string of the molecule is CC(C)S(=O)(=O)c1ccc(S(=O)O)cc1. The van der Waals surface area contributed by atoms with E-state index in [0.717, 1.165) is 0 Å². The highest BCUT2D eigenvalue weighted by molar-refractivity contribution is 7.92. The molecule has 1 atom stereocenters. The van der Waals surface area contributed by atoms with Crippen LogP contribution in [0, 0.1) is 0 Å². The Morgan fingerprint density at radius 1 is 1.20 bits per heavy atom. The standard InChI is InChI=1S/C9H12O4S2/c1-7(2)15(12,13)9-5-3-8(4-6-9)14(10)11/h3-7H,1-2H3,(H,10,11). The smallest absolute Gasteiger partial charge is 0.186 e. The Labute approximate surface area is 91.5 Å². The van der Waals surface area contributed by atoms with Gasteiger partial charge in [-0.15, -0.1) is 0 Å². The van der Waals surface area contributed by atoms with E-state index in [2.05, 4.69) is 0 Å². The zero-order chi connectivity index (χ0) is 11.6. The van der Waals surface area contributed by atoms with E-state index in [1.807, 2.05) is 0 Å². The van der Waals surface area contributed by atoms with Gasteiger partial charge in [0.05, 0.1) is 15.0 Å². The molecule has 1 N–H and O–H groups in total. The van der Waals surface area contributed by atoms with E-state index in [0.29, 0.717) is 0 Å². The van der Waals surface area contributed by atoms with E-state index in [-0.39, 0.29) is 9.79 Å². The second kappa shape index (κ2) is 4.42. The van der Waals surface area contributed by atoms with Crippen LogP contribution in [0.15, 0.2) is 34.1 Å². The van der Waals surface area contributed by atoms with Crippen molar-refractivity contribution in [2.24, 2.45) is 0 Å². The van der Waals surface area contributed by atoms with E-state index in [9.17, 15) is 12.6 Å². The molecule has 1 unspecified atom stereocenters. The second-order valence-electron chi connectivity index (χ2n) is 3.31. The van der Waals surface area contributed by atoms with E-state index in [1.165, 1.54) is 24.3 Å². The number of benzene rings is 1. The number of sulfone groups is 1. The first kappa shape index (κ1) is 12.4. The third-order valence-corrected chi connectivity index (χ3v) is 4.82. The Hall–Kier alpha value is -0.720. The summed E-state index contributed by atoms with van der Waals surface area (Å²) in [6, 6.07) is 5.37. The van der Waals surface area contributed by atoms with Gasteiger partial charge in [-0.25, -0.2) is 12.6 Å². The van der Waals surface area contributed by atoms with Crippen molar-refractivity contribution in [1.29, 1.82) is 0 Å². The summed E-state index contributed by atoms with van der Waals surface area (Å²) in [6.45, 7) is 3.18. The summed E-state index contributed by atoms with van der Waals surface area (Å²) in [4.78, 5) is 0.365. The van der Waals surface area contributed by atoms with E-state index in [1.54, 1.807) is 13.8 Å². The average Bonchev–Trinajstić information content (AvgIpc) is 2.17. The molecule has 0 heterocycles. The van der Waals surface area contributed by atoms with Crippen LogP contribution in [0.1, 0.15) is 13.8 Å². The molecule has 0 bridgehead atoms. The molecule has 0 saturated heterocycles.